The molecule has 1 aliphatic heterocycles. The predicted octanol–water partition coefficient (Wildman–Crippen LogP) is 1.39. The van der Waals surface area contributed by atoms with Crippen molar-refractivity contribution in [1.82, 2.24) is 9.88 Å². The van der Waals surface area contributed by atoms with E-state index >= 15 is 0 Å². The van der Waals surface area contributed by atoms with Gasteiger partial charge in [0, 0.05) is 22.4 Å². The number of hydrogen-bond acceptors (Lipinski definition) is 3. The van der Waals surface area contributed by atoms with Gasteiger partial charge in [-0.1, -0.05) is 15.9 Å². The summed E-state index contributed by atoms with van der Waals surface area (Å²) in [6.45, 7) is 4.29. The lowest BCUT2D eigenvalue weighted by Crippen LogP contribution is -3.13. The highest BCUT2D eigenvalue weighted by Gasteiger charge is 2.25. The number of ether oxygens (including phenoxy) is 1. The fraction of sp³-hybridized carbons (Fsp3) is 0.333. The Morgan fingerprint density at radius 2 is 2.12 bits per heavy atom. The molecular weight excluding hydrogens is 370 g/mol. The third-order valence-corrected chi connectivity index (χ3v) is 4.84. The molecule has 3 rings (SSSR count). The number of carbonyl (C=O) groups is 1. The molecule has 0 spiro atoms. The summed E-state index contributed by atoms with van der Waals surface area (Å²) < 4.78 is 6.51. The third kappa shape index (κ3) is 3.94. The van der Waals surface area contributed by atoms with Crippen molar-refractivity contribution in [3.8, 4) is 5.75 Å². The molecule has 1 fully saturated rings. The number of aromatic nitrogens is 1. The molecule has 6 heteroatoms. The van der Waals surface area contributed by atoms with Gasteiger partial charge >= 0.3 is 0 Å². The van der Waals surface area contributed by atoms with E-state index in [1.807, 2.05) is 23.1 Å². The van der Waals surface area contributed by atoms with Gasteiger partial charge in [-0.2, -0.15) is 0 Å². The van der Waals surface area contributed by atoms with E-state index < -0.39 is 0 Å². The first-order chi connectivity index (χ1) is 11.7. The molecule has 1 amide bonds. The first-order valence-corrected chi connectivity index (χ1v) is 8.82. The summed E-state index contributed by atoms with van der Waals surface area (Å²) in [5.41, 5.74) is 1.85. The van der Waals surface area contributed by atoms with Gasteiger partial charge in [-0.05, 0) is 30.3 Å². The number of nitrogens with zero attached hydrogens (tertiary/aromatic N) is 2. The molecule has 24 heavy (non-hydrogen) atoms. The van der Waals surface area contributed by atoms with Crippen LogP contribution in [0.2, 0.25) is 0 Å². The van der Waals surface area contributed by atoms with E-state index in [2.05, 4.69) is 27.0 Å². The summed E-state index contributed by atoms with van der Waals surface area (Å²) in [6, 6.07) is 9.71. The molecule has 0 unspecified atom stereocenters. The summed E-state index contributed by atoms with van der Waals surface area (Å²) >= 11 is 3.52. The van der Waals surface area contributed by atoms with Crippen molar-refractivity contribution in [2.75, 3.05) is 33.3 Å². The summed E-state index contributed by atoms with van der Waals surface area (Å²) in [5, 5.41) is 0. The topological polar surface area (TPSA) is 46.9 Å². The van der Waals surface area contributed by atoms with Gasteiger partial charge < -0.3 is 14.5 Å². The smallest absolute Gasteiger partial charge is 0.255 e. The fourth-order valence-corrected chi connectivity index (χ4v) is 3.44. The maximum Gasteiger partial charge on any atom is 0.255 e. The van der Waals surface area contributed by atoms with Crippen LogP contribution in [-0.2, 0) is 6.54 Å². The zero-order valence-electron chi connectivity index (χ0n) is 13.7. The van der Waals surface area contributed by atoms with Crippen molar-refractivity contribution in [2.24, 2.45) is 0 Å². The summed E-state index contributed by atoms with van der Waals surface area (Å²) in [5.74, 6) is 0.988. The van der Waals surface area contributed by atoms with Gasteiger partial charge in [0.15, 0.2) is 0 Å². The summed E-state index contributed by atoms with van der Waals surface area (Å²) in [4.78, 5) is 19.9. The molecule has 2 aromatic rings. The van der Waals surface area contributed by atoms with E-state index in [0.717, 1.165) is 42.9 Å². The number of pyridine rings is 1. The summed E-state index contributed by atoms with van der Waals surface area (Å²) in [7, 11) is 1.70. The fourth-order valence-electron chi connectivity index (χ4n) is 3.03. The first-order valence-electron chi connectivity index (χ1n) is 8.02. The van der Waals surface area contributed by atoms with E-state index in [0.29, 0.717) is 5.56 Å². The van der Waals surface area contributed by atoms with Gasteiger partial charge in [-0.3, -0.25) is 9.78 Å². The average Bonchev–Trinajstić information content (AvgIpc) is 2.63. The molecule has 126 valence electrons. The molecule has 2 heterocycles. The van der Waals surface area contributed by atoms with Crippen LogP contribution in [0.1, 0.15) is 15.9 Å². The zero-order chi connectivity index (χ0) is 16.9. The highest BCUT2D eigenvalue weighted by atomic mass is 79.9. The predicted molar refractivity (Wildman–Crippen MR) is 95.2 cm³/mol. The van der Waals surface area contributed by atoms with Crippen LogP contribution in [0.3, 0.4) is 0 Å². The highest BCUT2D eigenvalue weighted by Crippen LogP contribution is 2.22. The molecule has 5 nitrogen and oxygen atoms in total. The van der Waals surface area contributed by atoms with E-state index in [-0.39, 0.29) is 5.91 Å². The van der Waals surface area contributed by atoms with Gasteiger partial charge in [0.1, 0.15) is 12.3 Å². The summed E-state index contributed by atoms with van der Waals surface area (Å²) in [6.07, 6.45) is 3.32. The van der Waals surface area contributed by atoms with E-state index in [4.69, 9.17) is 4.74 Å². The Labute approximate surface area is 150 Å². The van der Waals surface area contributed by atoms with Crippen molar-refractivity contribution < 1.29 is 14.4 Å². The van der Waals surface area contributed by atoms with Crippen LogP contribution in [0.4, 0.5) is 0 Å². The minimum Gasteiger partial charge on any atom is -0.496 e. The quantitative estimate of drug-likeness (QED) is 0.857. The molecule has 0 aliphatic carbocycles. The molecule has 1 aromatic heterocycles. The second-order valence-corrected chi connectivity index (χ2v) is 6.83. The van der Waals surface area contributed by atoms with E-state index in [1.54, 1.807) is 25.6 Å². The maximum absolute atomic E-state index is 12.5. The Morgan fingerprint density at radius 1 is 1.33 bits per heavy atom. The lowest BCUT2D eigenvalue weighted by molar-refractivity contribution is -0.917. The molecular formula is C18H21BrN3O2+. The number of rotatable bonds is 4. The van der Waals surface area contributed by atoms with Crippen molar-refractivity contribution in [2.45, 2.75) is 6.54 Å². The van der Waals surface area contributed by atoms with Crippen LogP contribution in [-0.4, -0.2) is 49.1 Å². The Morgan fingerprint density at radius 3 is 2.79 bits per heavy atom. The number of nitrogens with one attached hydrogen (secondary N) is 1. The van der Waals surface area contributed by atoms with Gasteiger partial charge in [-0.25, -0.2) is 0 Å². The second-order valence-electron chi connectivity index (χ2n) is 5.92. The molecule has 0 saturated carbocycles. The first kappa shape index (κ1) is 16.9. The van der Waals surface area contributed by atoms with E-state index in [9.17, 15) is 4.79 Å². The van der Waals surface area contributed by atoms with Gasteiger partial charge in [0.25, 0.3) is 5.91 Å². The average molecular weight is 391 g/mol. The number of halogens is 1. The molecule has 1 aromatic carbocycles. The highest BCUT2D eigenvalue weighted by molar-refractivity contribution is 9.10. The van der Waals surface area contributed by atoms with Crippen molar-refractivity contribution in [3.63, 3.8) is 0 Å². The van der Waals surface area contributed by atoms with Crippen molar-refractivity contribution in [3.05, 3.63) is 58.3 Å². The molecule has 0 atom stereocenters. The van der Waals surface area contributed by atoms with E-state index in [1.165, 1.54) is 10.5 Å². The van der Waals surface area contributed by atoms with Gasteiger partial charge in [-0.15, -0.1) is 0 Å². The number of carbonyl (C=O) groups excluding carboxylic acids is 1. The van der Waals surface area contributed by atoms with Crippen LogP contribution in [0.15, 0.2) is 47.2 Å². The number of benzene rings is 1. The minimum atomic E-state index is 0.0715. The van der Waals surface area contributed by atoms with Crippen molar-refractivity contribution >= 4 is 21.8 Å². The maximum atomic E-state index is 12.5. The standard InChI is InChI=1S/C18H20BrN3O2/c1-24-17-5-4-16(19)11-15(17)13-21-7-9-22(10-8-21)18(23)14-3-2-6-20-12-14/h2-6,11-12H,7-10,13H2,1H3/p+1. The zero-order valence-corrected chi connectivity index (χ0v) is 15.3. The lowest BCUT2D eigenvalue weighted by atomic mass is 10.1. The third-order valence-electron chi connectivity index (χ3n) is 4.35. The molecule has 1 saturated heterocycles. The Balaban J connectivity index is 1.60. The van der Waals surface area contributed by atoms with Crippen LogP contribution in [0.5, 0.6) is 5.75 Å². The van der Waals surface area contributed by atoms with Crippen LogP contribution in [0, 0.1) is 0 Å². The molecule has 1 N–H and O–H groups in total. The normalized spacial score (nSPS) is 15.3. The molecule has 0 bridgehead atoms. The Kier molecular flexibility index (Phi) is 5.48. The second kappa shape index (κ2) is 7.77. The molecule has 0 radical (unpaired) electrons. The SMILES string of the molecule is COc1ccc(Br)cc1C[NH+]1CCN(C(=O)c2cccnc2)CC1. The van der Waals surface area contributed by atoms with Gasteiger partial charge in [0.2, 0.25) is 0 Å². The minimum absolute atomic E-state index is 0.0715. The largest absolute Gasteiger partial charge is 0.496 e. The van der Waals surface area contributed by atoms with Crippen LogP contribution in [0.25, 0.3) is 0 Å². The number of methoxy groups -OCH3 is 1. The lowest BCUT2D eigenvalue weighted by Gasteiger charge is -2.32. The number of quaternary nitrogens is 1. The number of amides is 1. The van der Waals surface area contributed by atoms with Crippen molar-refractivity contribution in [1.29, 1.82) is 0 Å². The number of hydrogen-bond donors (Lipinski definition) is 1. The Hall–Kier alpha value is -1.92. The number of piperazine rings is 1. The van der Waals surface area contributed by atoms with Crippen LogP contribution >= 0.6 is 15.9 Å². The molecule has 1 aliphatic rings. The van der Waals surface area contributed by atoms with Crippen LogP contribution < -0.4 is 9.64 Å². The van der Waals surface area contributed by atoms with Gasteiger partial charge in [0.05, 0.1) is 38.9 Å². The monoisotopic (exact) mass is 390 g/mol. The Bertz CT molecular complexity index is 701.